The molecule has 0 atom stereocenters. The molecule has 0 radical (unpaired) electrons. The Morgan fingerprint density at radius 2 is 2.15 bits per heavy atom. The average molecular weight is 274 g/mol. The number of rotatable bonds is 6. The van der Waals surface area contributed by atoms with Crippen LogP contribution in [0.5, 0.6) is 0 Å². The number of hydrogen-bond donors (Lipinski definition) is 1. The maximum absolute atomic E-state index is 11.2. The Labute approximate surface area is 117 Å². The average Bonchev–Trinajstić information content (AvgIpc) is 2.46. The first-order chi connectivity index (χ1) is 9.63. The van der Waals surface area contributed by atoms with E-state index in [0.717, 1.165) is 11.1 Å². The van der Waals surface area contributed by atoms with E-state index in [1.54, 1.807) is 6.07 Å². The van der Waals surface area contributed by atoms with Crippen LogP contribution in [0.3, 0.4) is 0 Å². The molecule has 1 aromatic heterocycles. The minimum absolute atomic E-state index is 0.0574. The van der Waals surface area contributed by atoms with Gasteiger partial charge in [-0.1, -0.05) is 18.2 Å². The van der Waals surface area contributed by atoms with Crippen molar-refractivity contribution in [2.45, 2.75) is 6.92 Å². The molecule has 5 heteroatoms. The number of ether oxygens (including phenoxy) is 1. The summed E-state index contributed by atoms with van der Waals surface area (Å²) in [6, 6.07) is 9.15. The summed E-state index contributed by atoms with van der Waals surface area (Å²) >= 11 is 0. The highest BCUT2D eigenvalue weighted by Gasteiger charge is 2.13. The van der Waals surface area contributed by atoms with Crippen molar-refractivity contribution in [1.29, 1.82) is 0 Å². The van der Waals surface area contributed by atoms with Crippen molar-refractivity contribution in [3.63, 3.8) is 0 Å². The van der Waals surface area contributed by atoms with Gasteiger partial charge in [-0.25, -0.2) is 9.78 Å². The van der Waals surface area contributed by atoms with Crippen molar-refractivity contribution in [3.8, 4) is 0 Å². The van der Waals surface area contributed by atoms with E-state index in [4.69, 9.17) is 9.84 Å². The minimum Gasteiger partial charge on any atom is -0.477 e. The third-order valence-electron chi connectivity index (χ3n) is 3.10. The van der Waals surface area contributed by atoms with Gasteiger partial charge in [0.2, 0.25) is 0 Å². The predicted octanol–water partition coefficient (Wildman–Crippen LogP) is 2.41. The first-order valence-corrected chi connectivity index (χ1v) is 6.55. The van der Waals surface area contributed by atoms with E-state index in [0.29, 0.717) is 25.3 Å². The fraction of sp³-hybridized carbons (Fsp3) is 0.333. The molecule has 0 aliphatic heterocycles. The SMILES string of the molecule is CCOCCN(C)c1cc(C(=O)O)nc2ccccc12. The molecule has 0 fully saturated rings. The van der Waals surface area contributed by atoms with Crippen molar-refractivity contribution in [2.24, 2.45) is 0 Å². The smallest absolute Gasteiger partial charge is 0.354 e. The number of aromatic nitrogens is 1. The predicted molar refractivity (Wildman–Crippen MR) is 78.5 cm³/mol. The number of benzene rings is 1. The number of anilines is 1. The molecule has 1 heterocycles. The molecule has 2 rings (SSSR count). The van der Waals surface area contributed by atoms with E-state index in [1.165, 1.54) is 0 Å². The van der Waals surface area contributed by atoms with Crippen molar-refractivity contribution in [2.75, 3.05) is 31.7 Å². The Bertz CT molecular complexity index is 613. The van der Waals surface area contributed by atoms with Gasteiger partial charge in [-0.15, -0.1) is 0 Å². The second kappa shape index (κ2) is 6.34. The molecule has 1 N–H and O–H groups in total. The highest BCUT2D eigenvalue weighted by Crippen LogP contribution is 2.25. The van der Waals surface area contributed by atoms with Gasteiger partial charge in [-0.3, -0.25) is 0 Å². The standard InChI is InChI=1S/C15H18N2O3/c1-3-20-9-8-17(2)14-10-13(15(18)19)16-12-7-5-4-6-11(12)14/h4-7,10H,3,8-9H2,1-2H3,(H,18,19). The Kier molecular flexibility index (Phi) is 4.53. The van der Waals surface area contributed by atoms with Gasteiger partial charge in [0.05, 0.1) is 12.1 Å². The quantitative estimate of drug-likeness (QED) is 0.820. The van der Waals surface area contributed by atoms with E-state index in [9.17, 15) is 4.79 Å². The molecule has 0 spiro atoms. The molecule has 2 aromatic rings. The van der Waals surface area contributed by atoms with Crippen molar-refractivity contribution in [1.82, 2.24) is 4.98 Å². The van der Waals surface area contributed by atoms with Gasteiger partial charge >= 0.3 is 5.97 Å². The molecular formula is C15H18N2O3. The van der Waals surface area contributed by atoms with Crippen molar-refractivity contribution < 1.29 is 14.6 Å². The molecule has 0 aliphatic carbocycles. The number of fused-ring (bicyclic) bond motifs is 1. The normalized spacial score (nSPS) is 10.7. The minimum atomic E-state index is -1.02. The van der Waals surface area contributed by atoms with Crippen LogP contribution in [-0.4, -0.2) is 42.9 Å². The van der Waals surface area contributed by atoms with Gasteiger partial charge in [0, 0.05) is 31.3 Å². The number of carbonyl (C=O) groups is 1. The van der Waals surface area contributed by atoms with Crippen LogP contribution in [-0.2, 0) is 4.74 Å². The van der Waals surface area contributed by atoms with Crippen molar-refractivity contribution >= 4 is 22.6 Å². The topological polar surface area (TPSA) is 62.7 Å². The van der Waals surface area contributed by atoms with Gasteiger partial charge < -0.3 is 14.7 Å². The monoisotopic (exact) mass is 274 g/mol. The first-order valence-electron chi connectivity index (χ1n) is 6.55. The lowest BCUT2D eigenvalue weighted by Gasteiger charge is -2.21. The van der Waals surface area contributed by atoms with Crippen LogP contribution < -0.4 is 4.90 Å². The van der Waals surface area contributed by atoms with E-state index in [1.807, 2.05) is 43.1 Å². The first kappa shape index (κ1) is 14.3. The van der Waals surface area contributed by atoms with Crippen LogP contribution in [0.2, 0.25) is 0 Å². The van der Waals surface area contributed by atoms with Crippen LogP contribution >= 0.6 is 0 Å². The lowest BCUT2D eigenvalue weighted by atomic mass is 10.1. The number of aromatic carboxylic acids is 1. The summed E-state index contributed by atoms with van der Waals surface area (Å²) in [5, 5.41) is 10.1. The van der Waals surface area contributed by atoms with Crippen LogP contribution in [0, 0.1) is 0 Å². The van der Waals surface area contributed by atoms with Crippen LogP contribution in [0.15, 0.2) is 30.3 Å². The van der Waals surface area contributed by atoms with E-state index in [2.05, 4.69) is 4.98 Å². The Morgan fingerprint density at radius 1 is 1.40 bits per heavy atom. The third kappa shape index (κ3) is 3.05. The van der Waals surface area contributed by atoms with Gasteiger partial charge in [0.1, 0.15) is 0 Å². The van der Waals surface area contributed by atoms with Gasteiger partial charge in [-0.2, -0.15) is 0 Å². The molecule has 5 nitrogen and oxygen atoms in total. The molecule has 0 saturated heterocycles. The second-order valence-electron chi connectivity index (χ2n) is 4.47. The lowest BCUT2D eigenvalue weighted by molar-refractivity contribution is 0.0691. The summed E-state index contributed by atoms with van der Waals surface area (Å²) in [6.07, 6.45) is 0. The maximum Gasteiger partial charge on any atom is 0.354 e. The van der Waals surface area contributed by atoms with E-state index in [-0.39, 0.29) is 5.69 Å². The molecular weight excluding hydrogens is 256 g/mol. The highest BCUT2D eigenvalue weighted by atomic mass is 16.5. The van der Waals surface area contributed by atoms with E-state index < -0.39 is 5.97 Å². The number of nitrogens with zero attached hydrogens (tertiary/aromatic N) is 2. The molecule has 106 valence electrons. The number of carboxylic acids is 1. The second-order valence-corrected chi connectivity index (χ2v) is 4.47. The Balaban J connectivity index is 2.41. The number of hydrogen-bond acceptors (Lipinski definition) is 4. The number of para-hydroxylation sites is 1. The van der Waals surface area contributed by atoms with Gasteiger partial charge in [0.25, 0.3) is 0 Å². The van der Waals surface area contributed by atoms with Crippen molar-refractivity contribution in [3.05, 3.63) is 36.0 Å². The molecule has 0 unspecified atom stereocenters. The highest BCUT2D eigenvalue weighted by molar-refractivity contribution is 5.97. The Hall–Kier alpha value is -2.14. The number of pyridine rings is 1. The number of carboxylic acid groups (broad SMARTS) is 1. The number of likely N-dealkylation sites (N-methyl/N-ethyl adjacent to an activating group) is 1. The molecule has 0 bridgehead atoms. The molecule has 1 aromatic carbocycles. The fourth-order valence-corrected chi connectivity index (χ4v) is 2.05. The summed E-state index contributed by atoms with van der Waals surface area (Å²) in [6.45, 7) is 3.92. The summed E-state index contributed by atoms with van der Waals surface area (Å²) in [4.78, 5) is 17.3. The van der Waals surface area contributed by atoms with Crippen LogP contribution in [0.1, 0.15) is 17.4 Å². The fourth-order valence-electron chi connectivity index (χ4n) is 2.05. The van der Waals surface area contributed by atoms with Crippen LogP contribution in [0.4, 0.5) is 5.69 Å². The summed E-state index contributed by atoms with van der Waals surface area (Å²) < 4.78 is 5.34. The Morgan fingerprint density at radius 3 is 2.85 bits per heavy atom. The molecule has 0 amide bonds. The largest absolute Gasteiger partial charge is 0.477 e. The summed E-state index contributed by atoms with van der Waals surface area (Å²) in [7, 11) is 1.92. The zero-order valence-corrected chi connectivity index (χ0v) is 11.7. The zero-order chi connectivity index (χ0) is 14.5. The molecule has 0 saturated carbocycles. The third-order valence-corrected chi connectivity index (χ3v) is 3.10. The van der Waals surface area contributed by atoms with Crippen LogP contribution in [0.25, 0.3) is 10.9 Å². The van der Waals surface area contributed by atoms with Gasteiger partial charge in [-0.05, 0) is 19.1 Å². The maximum atomic E-state index is 11.2. The molecule has 0 aliphatic rings. The summed E-state index contributed by atoms with van der Waals surface area (Å²) in [5.74, 6) is -1.02. The summed E-state index contributed by atoms with van der Waals surface area (Å²) in [5.41, 5.74) is 1.60. The van der Waals surface area contributed by atoms with Gasteiger partial charge in [0.15, 0.2) is 5.69 Å². The zero-order valence-electron chi connectivity index (χ0n) is 11.7. The van der Waals surface area contributed by atoms with E-state index >= 15 is 0 Å². The molecule has 20 heavy (non-hydrogen) atoms. The lowest BCUT2D eigenvalue weighted by Crippen LogP contribution is -2.23.